The maximum atomic E-state index is 17.2. The van der Waals surface area contributed by atoms with Gasteiger partial charge in [-0.1, -0.05) is 24.5 Å². The van der Waals surface area contributed by atoms with Crippen LogP contribution in [0.25, 0.3) is 32.9 Å². The molecule has 1 amide bonds. The van der Waals surface area contributed by atoms with Crippen LogP contribution < -0.4 is 24.8 Å². The Morgan fingerprint density at radius 1 is 1.11 bits per heavy atom. The number of benzene rings is 2. The number of hydrazine groups is 1. The first kappa shape index (κ1) is 34.6. The van der Waals surface area contributed by atoms with Crippen molar-refractivity contribution in [2.75, 3.05) is 49.7 Å². The number of carbonyl (C=O) groups is 1. The fourth-order valence-electron chi connectivity index (χ4n) is 7.79. The molecule has 2 aromatic carbocycles. The largest absolute Gasteiger partial charge is 0.461 e. The molecule has 11 nitrogen and oxygen atoms in total. The minimum Gasteiger partial charge on any atom is -0.461 e. The molecule has 5 aromatic rings. The Morgan fingerprint density at radius 2 is 2.00 bits per heavy atom. The number of rotatable bonds is 7. The highest BCUT2D eigenvalue weighted by Gasteiger charge is 2.49. The number of carbonyl (C=O) groups excluding carboxylic acids is 1. The van der Waals surface area contributed by atoms with Gasteiger partial charge >= 0.3 is 12.1 Å². The van der Waals surface area contributed by atoms with Crippen molar-refractivity contribution < 1.29 is 27.4 Å². The van der Waals surface area contributed by atoms with Gasteiger partial charge in [0.05, 0.1) is 16.5 Å². The lowest BCUT2D eigenvalue weighted by molar-refractivity contribution is 0.107. The van der Waals surface area contributed by atoms with E-state index in [9.17, 15) is 9.18 Å². The average molecular weight is 723 g/mol. The lowest BCUT2D eigenvalue weighted by atomic mass is 9.95. The van der Waals surface area contributed by atoms with Gasteiger partial charge in [0.2, 0.25) is 0 Å². The van der Waals surface area contributed by atoms with Gasteiger partial charge in [-0.3, -0.25) is 19.8 Å². The van der Waals surface area contributed by atoms with E-state index in [2.05, 4.69) is 31.2 Å². The molecule has 0 spiro atoms. The lowest BCUT2D eigenvalue weighted by Crippen LogP contribution is -2.43. The molecule has 0 radical (unpaired) electrons. The number of nitrogens with one attached hydrogen (secondary N) is 1. The number of nitrogens with zero attached hydrogens (tertiary/aromatic N) is 7. The number of pyridine rings is 2. The van der Waals surface area contributed by atoms with Gasteiger partial charge in [0.15, 0.2) is 11.6 Å². The zero-order valence-electron chi connectivity index (χ0n) is 29.1. The second kappa shape index (κ2) is 14.1. The number of fused-ring (bicyclic) bond motifs is 3. The molecular formula is C39H37F3N8O3. The normalized spacial score (nSPS) is 20.3. The molecule has 14 heteroatoms. The number of hydrogen-bond acceptors (Lipinski definition) is 10. The Morgan fingerprint density at radius 3 is 2.83 bits per heavy atom. The van der Waals surface area contributed by atoms with Gasteiger partial charge in [-0.15, -0.1) is 6.42 Å². The van der Waals surface area contributed by atoms with E-state index in [1.165, 1.54) is 42.4 Å². The molecule has 0 aliphatic carbocycles. The van der Waals surface area contributed by atoms with Crippen molar-refractivity contribution >= 4 is 39.4 Å². The summed E-state index contributed by atoms with van der Waals surface area (Å²) < 4.78 is 59.0. The minimum atomic E-state index is -0.947. The zero-order chi connectivity index (χ0) is 36.7. The van der Waals surface area contributed by atoms with Gasteiger partial charge in [0.25, 0.3) is 0 Å². The number of anilines is 2. The van der Waals surface area contributed by atoms with E-state index < -0.39 is 29.4 Å². The third-order valence-corrected chi connectivity index (χ3v) is 10.4. The van der Waals surface area contributed by atoms with Gasteiger partial charge in [0.1, 0.15) is 41.4 Å². The molecule has 6 heterocycles. The van der Waals surface area contributed by atoms with Crippen molar-refractivity contribution in [2.24, 2.45) is 0 Å². The van der Waals surface area contributed by atoms with E-state index in [0.717, 1.165) is 38.6 Å². The van der Waals surface area contributed by atoms with Crippen molar-refractivity contribution in [3.8, 4) is 35.4 Å². The van der Waals surface area contributed by atoms with Crippen molar-refractivity contribution in [3.63, 3.8) is 0 Å². The molecule has 3 aliphatic rings. The van der Waals surface area contributed by atoms with Gasteiger partial charge in [-0.05, 0) is 67.9 Å². The molecule has 2 atom stereocenters. The summed E-state index contributed by atoms with van der Waals surface area (Å²) in [5.74, 6) is 1.66. The van der Waals surface area contributed by atoms with Crippen LogP contribution in [-0.2, 0) is 0 Å². The maximum absolute atomic E-state index is 17.2. The highest BCUT2D eigenvalue weighted by Crippen LogP contribution is 2.42. The molecule has 0 saturated carbocycles. The summed E-state index contributed by atoms with van der Waals surface area (Å²) >= 11 is 0. The number of terminal acetylenes is 1. The quantitative estimate of drug-likeness (QED) is 0.185. The van der Waals surface area contributed by atoms with Crippen LogP contribution in [-0.4, -0.2) is 82.5 Å². The van der Waals surface area contributed by atoms with Crippen molar-refractivity contribution in [1.82, 2.24) is 30.3 Å². The van der Waals surface area contributed by atoms with Crippen LogP contribution in [0.4, 0.5) is 29.6 Å². The van der Waals surface area contributed by atoms with Crippen LogP contribution in [0.1, 0.15) is 44.1 Å². The highest BCUT2D eigenvalue weighted by atomic mass is 19.1. The minimum absolute atomic E-state index is 0.0421. The monoisotopic (exact) mass is 722 g/mol. The Hall–Kier alpha value is -5.52. The third kappa shape index (κ3) is 6.44. The number of ether oxygens (including phenoxy) is 2. The number of halogens is 3. The van der Waals surface area contributed by atoms with Crippen molar-refractivity contribution in [3.05, 3.63) is 72.1 Å². The molecule has 0 unspecified atom stereocenters. The van der Waals surface area contributed by atoms with Gasteiger partial charge in [-0.2, -0.15) is 9.97 Å². The first-order valence-electron chi connectivity index (χ1n) is 17.7. The summed E-state index contributed by atoms with van der Waals surface area (Å²) in [4.78, 5) is 34.6. The summed E-state index contributed by atoms with van der Waals surface area (Å²) in [6.07, 6.45) is 12.0. The number of aromatic nitrogens is 4. The summed E-state index contributed by atoms with van der Waals surface area (Å²) in [5.41, 5.74) is 2.60. The van der Waals surface area contributed by atoms with Crippen LogP contribution in [0.15, 0.2) is 54.9 Å². The zero-order valence-corrected chi connectivity index (χ0v) is 29.1. The van der Waals surface area contributed by atoms with Gasteiger partial charge in [0, 0.05) is 56.4 Å². The molecule has 0 bridgehead atoms. The molecule has 3 fully saturated rings. The van der Waals surface area contributed by atoms with E-state index in [-0.39, 0.29) is 46.1 Å². The van der Waals surface area contributed by atoms with E-state index in [0.29, 0.717) is 48.5 Å². The van der Waals surface area contributed by atoms with Crippen LogP contribution >= 0.6 is 0 Å². The second-order valence-corrected chi connectivity index (χ2v) is 13.7. The number of amides is 1. The maximum Gasteiger partial charge on any atom is 0.420 e. The van der Waals surface area contributed by atoms with E-state index in [1.807, 2.05) is 5.01 Å². The molecule has 1 N–H and O–H groups in total. The van der Waals surface area contributed by atoms with Crippen LogP contribution in [0.3, 0.4) is 0 Å². The Bertz CT molecular complexity index is 2250. The van der Waals surface area contributed by atoms with Crippen LogP contribution in [0.2, 0.25) is 0 Å². The predicted molar refractivity (Wildman–Crippen MR) is 195 cm³/mol. The highest BCUT2D eigenvalue weighted by molar-refractivity contribution is 6.03. The molecule has 3 aliphatic heterocycles. The smallest absolute Gasteiger partial charge is 0.420 e. The van der Waals surface area contributed by atoms with E-state index >= 15 is 8.78 Å². The van der Waals surface area contributed by atoms with Crippen LogP contribution in [0, 0.1) is 24.0 Å². The molecule has 3 aromatic heterocycles. The van der Waals surface area contributed by atoms with E-state index in [4.69, 9.17) is 20.9 Å². The summed E-state index contributed by atoms with van der Waals surface area (Å²) in [6, 6.07) is 10.6. The first-order valence-corrected chi connectivity index (χ1v) is 17.7. The van der Waals surface area contributed by atoms with Gasteiger partial charge in [-0.25, -0.2) is 28.4 Å². The van der Waals surface area contributed by atoms with E-state index in [1.54, 1.807) is 24.4 Å². The number of alkyl halides is 1. The first-order chi connectivity index (χ1) is 25.7. The SMILES string of the molecule is C#Cc1c(F)ccc2cc(OC(=O)N(C)c3ccccn3)cc(-c3ncc4c(N5CCCCCN5)nc(OC[C@@]56CCCN5C[C@H](F)C6)nc4c3F)c12. The van der Waals surface area contributed by atoms with Crippen LogP contribution in [0.5, 0.6) is 11.8 Å². The fourth-order valence-corrected chi connectivity index (χ4v) is 7.79. The molecular weight excluding hydrogens is 685 g/mol. The second-order valence-electron chi connectivity index (χ2n) is 13.7. The van der Waals surface area contributed by atoms with Crippen molar-refractivity contribution in [1.29, 1.82) is 0 Å². The van der Waals surface area contributed by atoms with Gasteiger partial charge < -0.3 is 9.47 Å². The third-order valence-electron chi connectivity index (χ3n) is 10.4. The summed E-state index contributed by atoms with van der Waals surface area (Å²) in [7, 11) is 1.51. The fraction of sp³-hybridized carbons (Fsp3) is 0.359. The Balaban J connectivity index is 1.25. The Kier molecular flexibility index (Phi) is 9.22. The molecule has 272 valence electrons. The average Bonchev–Trinajstić information content (AvgIpc) is 3.55. The topological polar surface area (TPSA) is 109 Å². The standard InChI is InChI=1S/C39H37F3N8O3/c1-3-27-30(41)12-11-24-18-26(53-38(51)48(2)31-10-5-7-14-43-31)19-28(32(24)27)34-33(42)35-29(21-44-34)36(50-17-8-4-6-15-45-50)47-37(46-35)52-23-39-13-9-16-49(39)22-25(40)20-39/h1,5,7,10-12,14,18-19,21,25,45H,4,6,8-9,13,15-17,20,22-23H2,2H3/t25-,39+/m1/s1. The molecule has 8 rings (SSSR count). The molecule has 3 saturated heterocycles. The summed E-state index contributed by atoms with van der Waals surface area (Å²) in [6.45, 7) is 2.60. The molecule has 53 heavy (non-hydrogen) atoms. The summed E-state index contributed by atoms with van der Waals surface area (Å²) in [5, 5.41) is 2.78. The number of hydrogen-bond donors (Lipinski definition) is 1. The van der Waals surface area contributed by atoms with Crippen molar-refractivity contribution in [2.45, 2.75) is 50.2 Å². The lowest BCUT2D eigenvalue weighted by Gasteiger charge is -2.31. The Labute approximate surface area is 304 Å². The predicted octanol–water partition coefficient (Wildman–Crippen LogP) is 6.58.